The van der Waals surface area contributed by atoms with Crippen LogP contribution < -0.4 is 0 Å². The van der Waals surface area contributed by atoms with Crippen molar-refractivity contribution < 1.29 is 0 Å². The molecule has 0 heteroatoms. The summed E-state index contributed by atoms with van der Waals surface area (Å²) in [6.45, 7) is 11.0. The van der Waals surface area contributed by atoms with Gasteiger partial charge in [-0.2, -0.15) is 0 Å². The quantitative estimate of drug-likeness (QED) is 0.446. The van der Waals surface area contributed by atoms with Gasteiger partial charge in [-0.15, -0.1) is 0 Å². The van der Waals surface area contributed by atoms with Crippen LogP contribution in [-0.4, -0.2) is 0 Å². The van der Waals surface area contributed by atoms with E-state index in [9.17, 15) is 0 Å². The van der Waals surface area contributed by atoms with Crippen LogP contribution in [0, 0.1) is 0 Å². The van der Waals surface area contributed by atoms with Gasteiger partial charge in [0.1, 0.15) is 0 Å². The normalized spacial score (nSPS) is 9.81. The summed E-state index contributed by atoms with van der Waals surface area (Å²) in [5.74, 6) is 0. The molecule has 0 aromatic carbocycles. The van der Waals surface area contributed by atoms with Crippen molar-refractivity contribution in [2.45, 2.75) is 79.6 Å². The van der Waals surface area contributed by atoms with E-state index in [4.69, 9.17) is 0 Å². The van der Waals surface area contributed by atoms with Gasteiger partial charge in [-0.25, -0.2) is 0 Å². The molecule has 0 spiro atoms. The van der Waals surface area contributed by atoms with Crippen molar-refractivity contribution in [3.05, 3.63) is 23.8 Å². The fraction of sp³-hybridized carbons (Fsp3) is 0.750. The van der Waals surface area contributed by atoms with E-state index in [-0.39, 0.29) is 0 Å². The Kier molecular flexibility index (Phi) is 18.9. The van der Waals surface area contributed by atoms with Gasteiger partial charge in [0.25, 0.3) is 0 Å². The molecule has 0 fully saturated rings. The van der Waals surface area contributed by atoms with Gasteiger partial charge in [0.2, 0.25) is 0 Å². The van der Waals surface area contributed by atoms with Crippen LogP contribution in [0.15, 0.2) is 23.8 Å². The minimum atomic E-state index is 1.19. The predicted octanol–water partition coefficient (Wildman–Crippen LogP) is 6.29. The third-order valence-corrected chi connectivity index (χ3v) is 2.48. The first-order chi connectivity index (χ1) is 7.76. The van der Waals surface area contributed by atoms with Gasteiger partial charge in [0.15, 0.2) is 0 Å². The molecule has 0 nitrogen and oxygen atoms in total. The zero-order chi connectivity index (χ0) is 12.6. The monoisotopic (exact) mass is 224 g/mol. The van der Waals surface area contributed by atoms with Crippen LogP contribution in [-0.2, 0) is 0 Å². The van der Waals surface area contributed by atoms with Crippen molar-refractivity contribution in [1.82, 2.24) is 0 Å². The molecule has 0 atom stereocenters. The zero-order valence-electron chi connectivity index (χ0n) is 12.2. The largest absolute Gasteiger partial charge is 0.0885 e. The van der Waals surface area contributed by atoms with E-state index >= 15 is 0 Å². The highest BCUT2D eigenvalue weighted by molar-refractivity contribution is 4.99. The zero-order valence-corrected chi connectivity index (χ0v) is 12.2. The van der Waals surface area contributed by atoms with Crippen LogP contribution in [0.4, 0.5) is 0 Å². The summed E-state index contributed by atoms with van der Waals surface area (Å²) in [6, 6.07) is 0. The molecule has 0 saturated carbocycles. The standard InChI is InChI=1S/2C8H16/c1-4-7-8(5-2)6-3;1-3-5-7-8-6-4-2/h7H,4-6H2,1-3H3;7-8H,3-6H2,1-2H3. The fourth-order valence-electron chi connectivity index (χ4n) is 1.40. The third kappa shape index (κ3) is 15.9. The number of allylic oxidation sites excluding steroid dienone is 4. The van der Waals surface area contributed by atoms with Crippen LogP contribution >= 0.6 is 0 Å². The topological polar surface area (TPSA) is 0 Å². The van der Waals surface area contributed by atoms with Crippen molar-refractivity contribution in [3.63, 3.8) is 0 Å². The Bertz CT molecular complexity index is 149. The second-order valence-corrected chi connectivity index (χ2v) is 4.03. The second-order valence-electron chi connectivity index (χ2n) is 4.03. The number of hydrogen-bond donors (Lipinski definition) is 0. The maximum atomic E-state index is 2.32. The summed E-state index contributed by atoms with van der Waals surface area (Å²) in [5.41, 5.74) is 1.59. The molecule has 0 unspecified atom stereocenters. The minimum absolute atomic E-state index is 1.19. The molecule has 0 aliphatic heterocycles. The molecule has 0 heterocycles. The van der Waals surface area contributed by atoms with Gasteiger partial charge in [-0.3, -0.25) is 0 Å². The Hall–Kier alpha value is -0.520. The Balaban J connectivity index is 0. The molecule has 0 aliphatic rings. The molecule has 0 aromatic rings. The smallest absolute Gasteiger partial charge is 0.0349 e. The molecule has 0 N–H and O–H groups in total. The highest BCUT2D eigenvalue weighted by Crippen LogP contribution is 2.05. The molecule has 0 bridgehead atoms. The SMILES string of the molecule is CCC=C(CC)CC.CCCC=CCCC. The Morgan fingerprint density at radius 3 is 1.38 bits per heavy atom. The summed E-state index contributed by atoms with van der Waals surface area (Å²) in [7, 11) is 0. The van der Waals surface area contributed by atoms with E-state index in [1.165, 1.54) is 44.9 Å². The first-order valence-corrected chi connectivity index (χ1v) is 7.09. The van der Waals surface area contributed by atoms with Gasteiger partial charge < -0.3 is 0 Å². The van der Waals surface area contributed by atoms with Crippen molar-refractivity contribution >= 4 is 0 Å². The number of hydrogen-bond acceptors (Lipinski definition) is 0. The maximum absolute atomic E-state index is 2.32. The van der Waals surface area contributed by atoms with Gasteiger partial charge in [0, 0.05) is 0 Å². The molecule has 0 rings (SSSR count). The van der Waals surface area contributed by atoms with Gasteiger partial charge in [-0.05, 0) is 32.1 Å². The average Bonchev–Trinajstić information content (AvgIpc) is 2.32. The Labute approximate surface area is 104 Å². The molecular formula is C16H32. The second kappa shape index (κ2) is 16.9. The fourth-order valence-corrected chi connectivity index (χ4v) is 1.40. The van der Waals surface area contributed by atoms with Crippen molar-refractivity contribution in [2.75, 3.05) is 0 Å². The summed E-state index contributed by atoms with van der Waals surface area (Å²) >= 11 is 0. The molecule has 0 aliphatic carbocycles. The average molecular weight is 224 g/mol. The van der Waals surface area contributed by atoms with E-state index in [0.717, 1.165) is 0 Å². The molecule has 0 saturated heterocycles. The number of rotatable bonds is 7. The maximum Gasteiger partial charge on any atom is -0.0349 e. The van der Waals surface area contributed by atoms with Gasteiger partial charge in [-0.1, -0.05) is 71.3 Å². The van der Waals surface area contributed by atoms with E-state index in [0.29, 0.717) is 0 Å². The summed E-state index contributed by atoms with van der Waals surface area (Å²) in [5, 5.41) is 0. The van der Waals surface area contributed by atoms with Gasteiger partial charge in [0.05, 0.1) is 0 Å². The van der Waals surface area contributed by atoms with E-state index in [2.05, 4.69) is 52.8 Å². The predicted molar refractivity (Wildman–Crippen MR) is 77.9 cm³/mol. The van der Waals surface area contributed by atoms with E-state index in [1.54, 1.807) is 5.57 Å². The highest BCUT2D eigenvalue weighted by atomic mass is 13.9. The lowest BCUT2D eigenvalue weighted by Gasteiger charge is -1.95. The van der Waals surface area contributed by atoms with Gasteiger partial charge >= 0.3 is 0 Å². The first kappa shape index (κ1) is 17.9. The molecular weight excluding hydrogens is 192 g/mol. The van der Waals surface area contributed by atoms with Crippen molar-refractivity contribution in [3.8, 4) is 0 Å². The van der Waals surface area contributed by atoms with E-state index in [1.807, 2.05) is 0 Å². The van der Waals surface area contributed by atoms with Crippen LogP contribution in [0.3, 0.4) is 0 Å². The highest BCUT2D eigenvalue weighted by Gasteiger charge is 1.84. The Morgan fingerprint density at radius 1 is 0.750 bits per heavy atom. The molecule has 96 valence electrons. The summed E-state index contributed by atoms with van der Waals surface area (Å²) in [4.78, 5) is 0. The molecule has 0 aromatic heterocycles. The molecule has 0 amide bonds. The lowest BCUT2D eigenvalue weighted by Crippen LogP contribution is -1.74. The number of unbranched alkanes of at least 4 members (excludes halogenated alkanes) is 2. The van der Waals surface area contributed by atoms with Crippen molar-refractivity contribution in [1.29, 1.82) is 0 Å². The summed E-state index contributed by atoms with van der Waals surface area (Å²) < 4.78 is 0. The van der Waals surface area contributed by atoms with Crippen LogP contribution in [0.1, 0.15) is 79.6 Å². The minimum Gasteiger partial charge on any atom is -0.0885 e. The van der Waals surface area contributed by atoms with Crippen LogP contribution in [0.5, 0.6) is 0 Å². The third-order valence-electron chi connectivity index (χ3n) is 2.48. The molecule has 16 heavy (non-hydrogen) atoms. The molecule has 0 radical (unpaired) electrons. The van der Waals surface area contributed by atoms with E-state index < -0.39 is 0 Å². The Morgan fingerprint density at radius 2 is 1.19 bits per heavy atom. The van der Waals surface area contributed by atoms with Crippen LogP contribution in [0.25, 0.3) is 0 Å². The lowest BCUT2D eigenvalue weighted by atomic mass is 10.1. The lowest BCUT2D eigenvalue weighted by molar-refractivity contribution is 0.921. The van der Waals surface area contributed by atoms with Crippen molar-refractivity contribution in [2.24, 2.45) is 0 Å². The van der Waals surface area contributed by atoms with Crippen LogP contribution in [0.2, 0.25) is 0 Å². The first-order valence-electron chi connectivity index (χ1n) is 7.09. The summed E-state index contributed by atoms with van der Waals surface area (Å²) in [6.07, 6.45) is 15.6.